The molecule has 9 nitrogen and oxygen atoms in total. The summed E-state index contributed by atoms with van der Waals surface area (Å²) in [7, 11) is 0. The van der Waals surface area contributed by atoms with Gasteiger partial charge in [-0.2, -0.15) is 23.4 Å². The number of aromatic nitrogens is 5. The average molecular weight is 429 g/mol. The van der Waals surface area contributed by atoms with Crippen LogP contribution >= 0.6 is 0 Å². The summed E-state index contributed by atoms with van der Waals surface area (Å²) in [6.07, 6.45) is 3.39. The van der Waals surface area contributed by atoms with Crippen molar-refractivity contribution in [3.05, 3.63) is 67.3 Å². The Morgan fingerprint density at radius 3 is 2.81 bits per heavy atom. The van der Waals surface area contributed by atoms with Gasteiger partial charge in [0.1, 0.15) is 0 Å². The second-order valence-electron chi connectivity index (χ2n) is 6.12. The maximum Gasteiger partial charge on any atom is 0.333 e. The zero-order valence-corrected chi connectivity index (χ0v) is 15.7. The van der Waals surface area contributed by atoms with Crippen molar-refractivity contribution in [2.45, 2.75) is 6.55 Å². The van der Waals surface area contributed by atoms with E-state index in [4.69, 9.17) is 4.74 Å². The van der Waals surface area contributed by atoms with Gasteiger partial charge in [-0.25, -0.2) is 9.07 Å². The van der Waals surface area contributed by atoms with Crippen LogP contribution in [0.1, 0.15) is 6.55 Å². The summed E-state index contributed by atoms with van der Waals surface area (Å²) in [6.45, 7) is 0.585. The maximum atomic E-state index is 14.2. The molecule has 3 aromatic heterocycles. The highest BCUT2D eigenvalue weighted by atomic mass is 19.3. The highest BCUT2D eigenvalue weighted by Gasteiger charge is 2.14. The Labute approximate surface area is 172 Å². The third kappa shape index (κ3) is 4.32. The summed E-state index contributed by atoms with van der Waals surface area (Å²) in [5, 5.41) is 13.0. The van der Waals surface area contributed by atoms with Crippen LogP contribution in [0, 0.1) is 5.82 Å². The molecule has 0 atom stereocenters. The molecule has 0 aliphatic rings. The molecule has 0 unspecified atom stereocenters. The summed E-state index contributed by atoms with van der Waals surface area (Å²) in [5.41, 5.74) is 0.929. The van der Waals surface area contributed by atoms with E-state index in [0.29, 0.717) is 16.0 Å². The van der Waals surface area contributed by atoms with Gasteiger partial charge in [-0.3, -0.25) is 4.79 Å². The van der Waals surface area contributed by atoms with E-state index in [9.17, 15) is 18.0 Å². The van der Waals surface area contributed by atoms with Crippen molar-refractivity contribution in [3.8, 4) is 11.6 Å². The predicted molar refractivity (Wildman–Crippen MR) is 105 cm³/mol. The highest BCUT2D eigenvalue weighted by molar-refractivity contribution is 5.98. The first-order valence-electron chi connectivity index (χ1n) is 8.79. The zero-order chi connectivity index (χ0) is 22.0. The number of carbonyl (C=O) groups excluding carboxylic acids is 1. The Balaban J connectivity index is 1.61. The predicted octanol–water partition coefficient (Wildman–Crippen LogP) is 4.12. The van der Waals surface area contributed by atoms with Gasteiger partial charge >= 0.3 is 6.55 Å². The van der Waals surface area contributed by atoms with Crippen LogP contribution < -0.4 is 15.4 Å². The van der Waals surface area contributed by atoms with Crippen molar-refractivity contribution in [2.24, 2.45) is 0 Å². The number of nitrogens with one attached hydrogen (secondary N) is 2. The van der Waals surface area contributed by atoms with Gasteiger partial charge in [-0.1, -0.05) is 12.6 Å². The van der Waals surface area contributed by atoms with Crippen molar-refractivity contribution in [3.63, 3.8) is 0 Å². The summed E-state index contributed by atoms with van der Waals surface area (Å²) < 4.78 is 47.0. The first kappa shape index (κ1) is 19.9. The molecular weight excluding hydrogens is 415 g/mol. The quantitative estimate of drug-likeness (QED) is 0.429. The molecule has 0 aliphatic heterocycles. The summed E-state index contributed by atoms with van der Waals surface area (Å²) in [4.78, 5) is 15.7. The lowest BCUT2D eigenvalue weighted by atomic mass is 10.3. The molecule has 0 aliphatic carbocycles. The number of ether oxygens (including phenoxy) is 1. The molecule has 0 fully saturated rings. The van der Waals surface area contributed by atoms with Crippen molar-refractivity contribution in [1.29, 1.82) is 0 Å². The Hall–Kier alpha value is -4.35. The number of hydrogen-bond acceptors (Lipinski definition) is 6. The molecule has 4 rings (SSSR count). The minimum absolute atomic E-state index is 0.0948. The molecule has 1 aromatic carbocycles. The summed E-state index contributed by atoms with van der Waals surface area (Å²) in [5.74, 6) is -1.05. The first-order chi connectivity index (χ1) is 14.9. The number of fused-ring (bicyclic) bond motifs is 1. The van der Waals surface area contributed by atoms with Gasteiger partial charge < -0.3 is 15.4 Å². The van der Waals surface area contributed by atoms with E-state index >= 15 is 0 Å². The van der Waals surface area contributed by atoms with Gasteiger partial charge in [-0.05, 0) is 24.3 Å². The Morgan fingerprint density at radius 1 is 1.23 bits per heavy atom. The number of carbonyl (C=O) groups is 1. The van der Waals surface area contributed by atoms with E-state index in [-0.39, 0.29) is 23.3 Å². The fourth-order valence-electron chi connectivity index (χ4n) is 2.62. The number of hydrogen-bond donors (Lipinski definition) is 2. The summed E-state index contributed by atoms with van der Waals surface area (Å²) >= 11 is 0. The van der Waals surface area contributed by atoms with Crippen LogP contribution in [-0.4, -0.2) is 30.3 Å². The lowest BCUT2D eigenvalue weighted by Gasteiger charge is -2.10. The number of alkyl halides is 2. The lowest BCUT2D eigenvalue weighted by Crippen LogP contribution is -2.07. The van der Waals surface area contributed by atoms with Crippen LogP contribution in [0.3, 0.4) is 0 Å². The lowest BCUT2D eigenvalue weighted by molar-refractivity contribution is -0.111. The molecule has 3 heterocycles. The van der Waals surface area contributed by atoms with Crippen molar-refractivity contribution < 1.29 is 22.7 Å². The van der Waals surface area contributed by atoms with Gasteiger partial charge in [0, 0.05) is 17.8 Å². The number of amides is 1. The van der Waals surface area contributed by atoms with Gasteiger partial charge in [0.05, 0.1) is 18.1 Å². The topological polar surface area (TPSA) is 98.4 Å². The molecule has 0 radical (unpaired) electrons. The smallest absolute Gasteiger partial charge is 0.333 e. The SMILES string of the molecule is C=CC(=O)Nc1ccc(F)c(Oc2cccc3nc(Nc4cnn(C(F)F)c4)nn23)c1. The number of benzene rings is 1. The molecular formula is C19H14F3N7O2. The monoisotopic (exact) mass is 429 g/mol. The van der Waals surface area contributed by atoms with Crippen molar-refractivity contribution >= 4 is 28.9 Å². The van der Waals surface area contributed by atoms with Crippen LogP contribution in [0.15, 0.2) is 61.4 Å². The van der Waals surface area contributed by atoms with E-state index in [0.717, 1.165) is 18.3 Å². The highest BCUT2D eigenvalue weighted by Crippen LogP contribution is 2.28. The fraction of sp³-hybridized carbons (Fsp3) is 0.0526. The Kier molecular flexibility index (Phi) is 5.26. The van der Waals surface area contributed by atoms with Crippen LogP contribution in [0.25, 0.3) is 5.65 Å². The van der Waals surface area contributed by atoms with Crippen LogP contribution in [0.5, 0.6) is 11.6 Å². The Bertz CT molecular complexity index is 1270. The third-order valence-electron chi connectivity index (χ3n) is 3.98. The van der Waals surface area contributed by atoms with Gasteiger partial charge in [0.25, 0.3) is 0 Å². The van der Waals surface area contributed by atoms with Crippen molar-refractivity contribution in [1.82, 2.24) is 24.4 Å². The molecule has 0 saturated carbocycles. The number of halogens is 3. The van der Waals surface area contributed by atoms with Gasteiger partial charge in [0.2, 0.25) is 17.7 Å². The van der Waals surface area contributed by atoms with Gasteiger partial charge in [-0.15, -0.1) is 5.10 Å². The van der Waals surface area contributed by atoms with E-state index in [1.54, 1.807) is 12.1 Å². The van der Waals surface area contributed by atoms with E-state index < -0.39 is 18.3 Å². The number of nitrogens with zero attached hydrogens (tertiary/aromatic N) is 5. The fourth-order valence-corrected chi connectivity index (χ4v) is 2.62. The normalized spacial score (nSPS) is 11.0. The van der Waals surface area contributed by atoms with E-state index in [2.05, 4.69) is 32.4 Å². The van der Waals surface area contributed by atoms with Crippen molar-refractivity contribution in [2.75, 3.05) is 10.6 Å². The molecule has 12 heteroatoms. The third-order valence-corrected chi connectivity index (χ3v) is 3.98. The molecule has 0 spiro atoms. The molecule has 2 N–H and O–H groups in total. The van der Waals surface area contributed by atoms with E-state index in [1.165, 1.54) is 28.9 Å². The number of pyridine rings is 1. The molecule has 0 saturated heterocycles. The molecule has 0 bridgehead atoms. The molecule has 31 heavy (non-hydrogen) atoms. The number of rotatable bonds is 7. The van der Waals surface area contributed by atoms with Crippen LogP contribution in [0.2, 0.25) is 0 Å². The molecule has 4 aromatic rings. The molecule has 158 valence electrons. The maximum absolute atomic E-state index is 14.2. The second-order valence-corrected chi connectivity index (χ2v) is 6.12. The van der Waals surface area contributed by atoms with Crippen LogP contribution in [-0.2, 0) is 4.79 Å². The largest absolute Gasteiger partial charge is 0.436 e. The standard InChI is InChI=1S/C19H14F3N7O2/c1-2-16(30)24-11-6-7-13(20)14(8-11)31-17-5-3-4-15-26-19(27-29(15)17)25-12-9-23-28(10-12)18(21)22/h2-10,18H,1H2,(H,24,30)(H,25,27). The second kappa shape index (κ2) is 8.18. The summed E-state index contributed by atoms with van der Waals surface area (Å²) in [6, 6.07) is 8.62. The minimum Gasteiger partial charge on any atom is -0.436 e. The minimum atomic E-state index is -2.77. The van der Waals surface area contributed by atoms with Crippen LogP contribution in [0.4, 0.5) is 30.5 Å². The average Bonchev–Trinajstić information content (AvgIpc) is 3.38. The molecule has 1 amide bonds. The first-order valence-corrected chi connectivity index (χ1v) is 8.79. The zero-order valence-electron chi connectivity index (χ0n) is 15.7. The Morgan fingerprint density at radius 2 is 2.06 bits per heavy atom. The van der Waals surface area contributed by atoms with E-state index in [1.807, 2.05) is 0 Å². The van der Waals surface area contributed by atoms with Gasteiger partial charge in [0.15, 0.2) is 17.2 Å². The number of anilines is 3.